The van der Waals surface area contributed by atoms with Crippen molar-refractivity contribution in [1.29, 1.82) is 0 Å². The number of unbranched alkanes of at least 4 members (excludes halogenated alkanes) is 1. The fraction of sp³-hybridized carbons (Fsp3) is 0.474. The average molecular weight is 299 g/mol. The molecule has 1 aliphatic rings. The second kappa shape index (κ2) is 6.64. The summed E-state index contributed by atoms with van der Waals surface area (Å²) >= 11 is 0. The molecule has 2 atom stereocenters. The highest BCUT2D eigenvalue weighted by molar-refractivity contribution is 6.84. The Kier molecular flexibility index (Phi) is 5.08. The molecule has 0 bridgehead atoms. The lowest BCUT2D eigenvalue weighted by atomic mass is 10.1. The number of aliphatic hydroxyl groups is 1. The van der Waals surface area contributed by atoms with Crippen molar-refractivity contribution in [1.82, 2.24) is 0 Å². The van der Waals surface area contributed by atoms with Gasteiger partial charge in [0.15, 0.2) is 0 Å². The van der Waals surface area contributed by atoms with Gasteiger partial charge in [-0.1, -0.05) is 73.8 Å². The summed E-state index contributed by atoms with van der Waals surface area (Å²) in [6, 6.07) is 9.91. The molecule has 1 aromatic rings. The molecule has 0 fully saturated rings. The Morgan fingerprint density at radius 2 is 1.86 bits per heavy atom. The van der Waals surface area contributed by atoms with E-state index in [1.54, 1.807) is 5.20 Å². The molecule has 0 spiro atoms. The number of rotatable bonds is 5. The minimum absolute atomic E-state index is 0.249. The van der Waals surface area contributed by atoms with Crippen LogP contribution in [0, 0.1) is 17.8 Å². The molecule has 1 nitrogen and oxygen atoms in total. The predicted octanol–water partition coefficient (Wildman–Crippen LogP) is 4.39. The van der Waals surface area contributed by atoms with Gasteiger partial charge >= 0.3 is 0 Å². The van der Waals surface area contributed by atoms with Crippen LogP contribution in [0.2, 0.25) is 19.6 Å². The van der Waals surface area contributed by atoms with Crippen LogP contribution in [0.25, 0.3) is 0 Å². The van der Waals surface area contributed by atoms with Crippen LogP contribution in [-0.4, -0.2) is 19.3 Å². The maximum absolute atomic E-state index is 10.5. The first-order valence-corrected chi connectivity index (χ1v) is 11.4. The van der Waals surface area contributed by atoms with E-state index in [1.165, 1.54) is 18.4 Å². The van der Waals surface area contributed by atoms with Gasteiger partial charge in [-0.15, -0.1) is 0 Å². The molecular weight excluding hydrogens is 272 g/mol. The molecule has 2 unspecified atom stereocenters. The van der Waals surface area contributed by atoms with E-state index in [9.17, 15) is 5.11 Å². The molecule has 21 heavy (non-hydrogen) atoms. The van der Waals surface area contributed by atoms with Crippen molar-refractivity contribution in [2.75, 3.05) is 0 Å². The Hall–Kier alpha value is -1.30. The van der Waals surface area contributed by atoms with Gasteiger partial charge in [0.05, 0.1) is 8.07 Å². The third-order valence-corrected chi connectivity index (χ3v) is 6.26. The van der Waals surface area contributed by atoms with Crippen molar-refractivity contribution < 1.29 is 5.11 Å². The van der Waals surface area contributed by atoms with E-state index < -0.39 is 14.2 Å². The lowest BCUT2D eigenvalue weighted by molar-refractivity contribution is 0.214. The minimum Gasteiger partial charge on any atom is -0.379 e. The summed E-state index contributed by atoms with van der Waals surface area (Å²) in [6.07, 6.45) is 3.04. The van der Waals surface area contributed by atoms with E-state index in [0.29, 0.717) is 0 Å². The zero-order valence-electron chi connectivity index (χ0n) is 13.6. The molecule has 0 heterocycles. The summed E-state index contributed by atoms with van der Waals surface area (Å²) in [6.45, 7) is 9.32. The van der Waals surface area contributed by atoms with Crippen LogP contribution < -0.4 is 0 Å². The smallest absolute Gasteiger partial charge is 0.124 e. The molecular formula is C19H26OSi. The molecule has 2 heteroatoms. The maximum atomic E-state index is 10.5. The van der Waals surface area contributed by atoms with Crippen LogP contribution in [0.1, 0.15) is 31.7 Å². The molecule has 0 saturated heterocycles. The zero-order chi connectivity index (χ0) is 15.5. The fourth-order valence-corrected chi connectivity index (χ4v) is 5.44. The van der Waals surface area contributed by atoms with Gasteiger partial charge < -0.3 is 5.11 Å². The summed E-state index contributed by atoms with van der Waals surface area (Å²) in [4.78, 5) is 0. The van der Waals surface area contributed by atoms with E-state index in [4.69, 9.17) is 0 Å². The topological polar surface area (TPSA) is 20.2 Å². The van der Waals surface area contributed by atoms with Gasteiger partial charge in [-0.3, -0.25) is 0 Å². The minimum atomic E-state index is -1.32. The fourth-order valence-electron chi connectivity index (χ4n) is 3.00. The third kappa shape index (κ3) is 4.09. The van der Waals surface area contributed by atoms with Crippen molar-refractivity contribution in [3.05, 3.63) is 46.7 Å². The van der Waals surface area contributed by atoms with Crippen LogP contribution in [0.5, 0.6) is 0 Å². The number of hydrogen-bond acceptors (Lipinski definition) is 1. The number of benzene rings is 1. The van der Waals surface area contributed by atoms with Gasteiger partial charge in [-0.05, 0) is 25.0 Å². The van der Waals surface area contributed by atoms with E-state index in [2.05, 4.69) is 38.4 Å². The first-order chi connectivity index (χ1) is 9.95. The summed E-state index contributed by atoms with van der Waals surface area (Å²) in [5.41, 5.74) is 2.48. The average Bonchev–Trinajstić information content (AvgIpc) is 3.18. The monoisotopic (exact) mass is 298 g/mol. The third-order valence-electron chi connectivity index (χ3n) is 4.01. The van der Waals surface area contributed by atoms with Crippen LogP contribution in [0.4, 0.5) is 0 Å². The van der Waals surface area contributed by atoms with Crippen molar-refractivity contribution in [3.8, 4) is 11.8 Å². The van der Waals surface area contributed by atoms with Gasteiger partial charge in [0.2, 0.25) is 0 Å². The highest BCUT2D eigenvalue weighted by atomic mass is 28.3. The Morgan fingerprint density at radius 1 is 1.19 bits per heavy atom. The number of hydrogen-bond donors (Lipinski definition) is 1. The molecule has 1 aliphatic carbocycles. The van der Waals surface area contributed by atoms with Crippen LogP contribution in [0.15, 0.2) is 41.1 Å². The first-order valence-electron chi connectivity index (χ1n) is 7.93. The molecule has 0 radical (unpaired) electrons. The van der Waals surface area contributed by atoms with Crippen molar-refractivity contribution >= 4 is 8.07 Å². The summed E-state index contributed by atoms with van der Waals surface area (Å²) in [7, 11) is -1.32. The Labute approximate surface area is 130 Å². The zero-order valence-corrected chi connectivity index (χ0v) is 14.6. The lowest BCUT2D eigenvalue weighted by Gasteiger charge is -2.14. The van der Waals surface area contributed by atoms with Gasteiger partial charge in [-0.2, -0.15) is 0 Å². The number of aliphatic hydroxyl groups excluding tert-OH is 1. The van der Waals surface area contributed by atoms with Gasteiger partial charge in [-0.25, -0.2) is 0 Å². The quantitative estimate of drug-likeness (QED) is 0.631. The molecule has 0 aliphatic heterocycles. The Bertz CT molecular complexity index is 569. The molecule has 0 aromatic heterocycles. The highest BCUT2D eigenvalue weighted by Crippen LogP contribution is 2.49. The standard InChI is InChI=1S/C19H26OSi/c1-5-6-12-16-18(19(16)21(2,3)4)17(20)14-13-15-10-8-7-9-11-15/h7-11,17-18,20H,5-6,12H2,1-4H3. The molecule has 2 rings (SSSR count). The SMILES string of the molecule is CCCCC1=C([Si](C)(C)C)C1C(O)C#Cc1ccccc1. The second-order valence-electron chi connectivity index (χ2n) is 6.85. The van der Waals surface area contributed by atoms with Gasteiger partial charge in [0.25, 0.3) is 0 Å². The van der Waals surface area contributed by atoms with Crippen LogP contribution in [-0.2, 0) is 0 Å². The van der Waals surface area contributed by atoms with E-state index in [0.717, 1.165) is 12.0 Å². The maximum Gasteiger partial charge on any atom is 0.124 e. The lowest BCUT2D eigenvalue weighted by Crippen LogP contribution is -2.23. The molecule has 1 aromatic carbocycles. The molecule has 0 saturated carbocycles. The first kappa shape index (κ1) is 16.1. The highest BCUT2D eigenvalue weighted by Gasteiger charge is 2.46. The second-order valence-corrected chi connectivity index (χ2v) is 11.9. The normalized spacial score (nSPS) is 19.0. The largest absolute Gasteiger partial charge is 0.379 e. The summed E-state index contributed by atoms with van der Waals surface area (Å²) in [5.74, 6) is 6.41. The Balaban J connectivity index is 2.07. The van der Waals surface area contributed by atoms with Crippen molar-refractivity contribution in [2.24, 2.45) is 5.92 Å². The van der Waals surface area contributed by atoms with E-state index in [1.807, 2.05) is 30.3 Å². The Morgan fingerprint density at radius 3 is 2.43 bits per heavy atom. The molecule has 1 N–H and O–H groups in total. The van der Waals surface area contributed by atoms with Crippen LogP contribution in [0.3, 0.4) is 0 Å². The van der Waals surface area contributed by atoms with Gasteiger partial charge in [0, 0.05) is 11.5 Å². The molecule has 112 valence electrons. The van der Waals surface area contributed by atoms with Crippen molar-refractivity contribution in [3.63, 3.8) is 0 Å². The molecule has 0 amide bonds. The van der Waals surface area contributed by atoms with Crippen LogP contribution >= 0.6 is 0 Å². The van der Waals surface area contributed by atoms with Crippen molar-refractivity contribution in [2.45, 2.75) is 51.9 Å². The summed E-state index contributed by atoms with van der Waals surface area (Å²) in [5, 5.41) is 12.0. The summed E-state index contributed by atoms with van der Waals surface area (Å²) < 4.78 is 0. The van der Waals surface area contributed by atoms with E-state index >= 15 is 0 Å². The predicted molar refractivity (Wildman–Crippen MR) is 92.7 cm³/mol. The van der Waals surface area contributed by atoms with Gasteiger partial charge in [0.1, 0.15) is 6.10 Å². The van der Waals surface area contributed by atoms with E-state index in [-0.39, 0.29) is 5.92 Å².